The Morgan fingerprint density at radius 3 is 2.71 bits per heavy atom. The first kappa shape index (κ1) is 13.8. The van der Waals surface area contributed by atoms with Gasteiger partial charge in [0.2, 0.25) is 5.91 Å². The maximum atomic E-state index is 12.3. The van der Waals surface area contributed by atoms with Gasteiger partial charge in [-0.1, -0.05) is 13.8 Å². The largest absolute Gasteiger partial charge is 0.364 e. The van der Waals surface area contributed by atoms with Gasteiger partial charge < -0.3 is 15.2 Å². The quantitative estimate of drug-likeness (QED) is 0.787. The number of nitrogens with one attached hydrogen (secondary N) is 2. The number of rotatable bonds is 6. The zero-order chi connectivity index (χ0) is 12.8. The zero-order valence-electron chi connectivity index (χ0n) is 11.2. The van der Waals surface area contributed by atoms with Crippen LogP contribution in [0.15, 0.2) is 18.3 Å². The molecule has 0 fully saturated rings. The fourth-order valence-electron chi connectivity index (χ4n) is 1.91. The molecular weight excluding hydrogens is 214 g/mol. The van der Waals surface area contributed by atoms with Crippen molar-refractivity contribution in [3.8, 4) is 0 Å². The van der Waals surface area contributed by atoms with Crippen LogP contribution in [-0.2, 0) is 11.3 Å². The predicted molar refractivity (Wildman–Crippen MR) is 69.5 cm³/mol. The second-order valence-electron chi connectivity index (χ2n) is 4.80. The summed E-state index contributed by atoms with van der Waals surface area (Å²) >= 11 is 0. The van der Waals surface area contributed by atoms with Crippen LogP contribution in [-0.4, -0.2) is 36.4 Å². The number of carbonyl (C=O) groups is 1. The lowest BCUT2D eigenvalue weighted by atomic mass is 9.94. The minimum Gasteiger partial charge on any atom is -0.364 e. The zero-order valence-corrected chi connectivity index (χ0v) is 11.2. The molecule has 0 aromatic carbocycles. The Labute approximate surface area is 103 Å². The van der Waals surface area contributed by atoms with Gasteiger partial charge in [0.25, 0.3) is 0 Å². The Morgan fingerprint density at radius 1 is 1.53 bits per heavy atom. The first-order chi connectivity index (χ1) is 8.06. The number of H-pyrrole nitrogens is 1. The van der Waals surface area contributed by atoms with Crippen molar-refractivity contribution in [3.05, 3.63) is 24.0 Å². The van der Waals surface area contributed by atoms with Crippen molar-refractivity contribution in [2.45, 2.75) is 20.4 Å². The summed E-state index contributed by atoms with van der Waals surface area (Å²) in [5, 5.41) is 3.09. The maximum absolute atomic E-state index is 12.3. The van der Waals surface area contributed by atoms with E-state index < -0.39 is 0 Å². The minimum atomic E-state index is 0.0416. The molecule has 1 amide bonds. The number of carbonyl (C=O) groups excluding carboxylic acids is 1. The van der Waals surface area contributed by atoms with E-state index in [9.17, 15) is 4.79 Å². The molecule has 0 aliphatic heterocycles. The number of hydrogen-bond donors (Lipinski definition) is 2. The lowest BCUT2D eigenvalue weighted by Gasteiger charge is -2.25. The highest BCUT2D eigenvalue weighted by Crippen LogP contribution is 2.14. The molecule has 4 nitrogen and oxygen atoms in total. The highest BCUT2D eigenvalue weighted by Gasteiger charge is 2.24. The van der Waals surface area contributed by atoms with Gasteiger partial charge in [0.15, 0.2) is 0 Å². The average molecular weight is 237 g/mol. The molecule has 0 aliphatic carbocycles. The molecule has 0 saturated carbocycles. The molecule has 1 heterocycles. The van der Waals surface area contributed by atoms with Crippen molar-refractivity contribution in [2.24, 2.45) is 11.8 Å². The summed E-state index contributed by atoms with van der Waals surface area (Å²) in [6.07, 6.45) is 1.88. The summed E-state index contributed by atoms with van der Waals surface area (Å²) in [6, 6.07) is 3.94. The van der Waals surface area contributed by atoms with Gasteiger partial charge in [-0.05, 0) is 25.1 Å². The number of aromatic nitrogens is 1. The van der Waals surface area contributed by atoms with E-state index in [1.807, 2.05) is 32.4 Å². The third kappa shape index (κ3) is 3.89. The third-order valence-electron chi connectivity index (χ3n) is 2.99. The fourth-order valence-corrected chi connectivity index (χ4v) is 1.91. The second kappa shape index (κ2) is 6.45. The highest BCUT2D eigenvalue weighted by molar-refractivity contribution is 5.79. The molecule has 0 bridgehead atoms. The van der Waals surface area contributed by atoms with Crippen LogP contribution < -0.4 is 5.32 Å². The van der Waals surface area contributed by atoms with Crippen LogP contribution in [0, 0.1) is 11.8 Å². The van der Waals surface area contributed by atoms with Crippen molar-refractivity contribution in [1.82, 2.24) is 15.2 Å². The average Bonchev–Trinajstić information content (AvgIpc) is 2.77. The molecule has 1 unspecified atom stereocenters. The smallest absolute Gasteiger partial charge is 0.227 e. The molecule has 1 rings (SSSR count). The Hall–Kier alpha value is -1.29. The van der Waals surface area contributed by atoms with E-state index in [4.69, 9.17) is 0 Å². The molecule has 1 aromatic heterocycles. The normalized spacial score (nSPS) is 12.8. The molecule has 1 aromatic rings. The van der Waals surface area contributed by atoms with Crippen molar-refractivity contribution >= 4 is 5.91 Å². The number of amides is 1. The van der Waals surface area contributed by atoms with Crippen LogP contribution in [0.4, 0.5) is 0 Å². The van der Waals surface area contributed by atoms with Crippen molar-refractivity contribution < 1.29 is 4.79 Å². The molecule has 17 heavy (non-hydrogen) atoms. The van der Waals surface area contributed by atoms with E-state index in [0.29, 0.717) is 12.5 Å². The van der Waals surface area contributed by atoms with Gasteiger partial charge in [0.1, 0.15) is 0 Å². The first-order valence-electron chi connectivity index (χ1n) is 6.08. The van der Waals surface area contributed by atoms with Crippen LogP contribution in [0.5, 0.6) is 0 Å². The van der Waals surface area contributed by atoms with Crippen LogP contribution in [0.25, 0.3) is 0 Å². The summed E-state index contributed by atoms with van der Waals surface area (Å²) in [4.78, 5) is 17.2. The van der Waals surface area contributed by atoms with Gasteiger partial charge in [-0.25, -0.2) is 0 Å². The van der Waals surface area contributed by atoms with E-state index in [1.54, 1.807) is 4.90 Å². The van der Waals surface area contributed by atoms with Gasteiger partial charge in [-0.3, -0.25) is 4.79 Å². The summed E-state index contributed by atoms with van der Waals surface area (Å²) in [5.41, 5.74) is 1.06. The molecule has 0 saturated heterocycles. The Kier molecular flexibility index (Phi) is 5.22. The van der Waals surface area contributed by atoms with Crippen LogP contribution in [0.2, 0.25) is 0 Å². The molecule has 4 heteroatoms. The fraction of sp³-hybridized carbons (Fsp3) is 0.615. The molecule has 1 atom stereocenters. The third-order valence-corrected chi connectivity index (χ3v) is 2.99. The molecular formula is C13H23N3O. The Balaban J connectivity index is 2.60. The predicted octanol–water partition coefficient (Wildman–Crippen LogP) is 1.46. The Bertz CT molecular complexity index is 332. The van der Waals surface area contributed by atoms with Gasteiger partial charge in [0, 0.05) is 25.5 Å². The summed E-state index contributed by atoms with van der Waals surface area (Å²) in [5.74, 6) is 0.588. The van der Waals surface area contributed by atoms with Crippen molar-refractivity contribution in [2.75, 3.05) is 20.6 Å². The van der Waals surface area contributed by atoms with Crippen LogP contribution in [0.1, 0.15) is 19.5 Å². The van der Waals surface area contributed by atoms with Crippen LogP contribution >= 0.6 is 0 Å². The minimum absolute atomic E-state index is 0.0416. The first-order valence-corrected chi connectivity index (χ1v) is 6.08. The van der Waals surface area contributed by atoms with Crippen molar-refractivity contribution in [3.63, 3.8) is 0 Å². The summed E-state index contributed by atoms with van der Waals surface area (Å²) in [6.45, 7) is 5.54. The number of hydrogen-bond acceptors (Lipinski definition) is 2. The van der Waals surface area contributed by atoms with E-state index in [1.165, 1.54) is 0 Å². The van der Waals surface area contributed by atoms with Gasteiger partial charge >= 0.3 is 0 Å². The maximum Gasteiger partial charge on any atom is 0.227 e. The van der Waals surface area contributed by atoms with E-state index in [-0.39, 0.29) is 11.8 Å². The van der Waals surface area contributed by atoms with E-state index in [2.05, 4.69) is 24.1 Å². The van der Waals surface area contributed by atoms with E-state index >= 15 is 0 Å². The monoisotopic (exact) mass is 237 g/mol. The molecule has 0 spiro atoms. The SMILES string of the molecule is CNCC(C(=O)N(C)Cc1ccc[nH]1)C(C)C. The lowest BCUT2D eigenvalue weighted by Crippen LogP contribution is -2.39. The lowest BCUT2D eigenvalue weighted by molar-refractivity contribution is -0.136. The molecule has 0 aliphatic rings. The topological polar surface area (TPSA) is 48.1 Å². The van der Waals surface area contributed by atoms with Gasteiger partial charge in [0.05, 0.1) is 12.5 Å². The summed E-state index contributed by atoms with van der Waals surface area (Å²) in [7, 11) is 3.74. The standard InChI is InChI=1S/C13H23N3O/c1-10(2)12(8-14-3)13(17)16(4)9-11-6-5-7-15-11/h5-7,10,12,14-15H,8-9H2,1-4H3. The number of aromatic amines is 1. The second-order valence-corrected chi connectivity index (χ2v) is 4.80. The Morgan fingerprint density at radius 2 is 2.24 bits per heavy atom. The van der Waals surface area contributed by atoms with Gasteiger partial charge in [-0.2, -0.15) is 0 Å². The molecule has 2 N–H and O–H groups in total. The highest BCUT2D eigenvalue weighted by atomic mass is 16.2. The van der Waals surface area contributed by atoms with Crippen LogP contribution in [0.3, 0.4) is 0 Å². The summed E-state index contributed by atoms with van der Waals surface area (Å²) < 4.78 is 0. The van der Waals surface area contributed by atoms with Crippen molar-refractivity contribution in [1.29, 1.82) is 0 Å². The molecule has 0 radical (unpaired) electrons. The van der Waals surface area contributed by atoms with E-state index in [0.717, 1.165) is 12.2 Å². The number of nitrogens with zero attached hydrogens (tertiary/aromatic N) is 1. The van der Waals surface area contributed by atoms with Gasteiger partial charge in [-0.15, -0.1) is 0 Å². The molecule has 96 valence electrons.